The van der Waals surface area contributed by atoms with Crippen LogP contribution in [0, 0.1) is 6.92 Å². The molecule has 2 N–H and O–H groups in total. The van der Waals surface area contributed by atoms with Gasteiger partial charge in [0.05, 0.1) is 17.3 Å². The van der Waals surface area contributed by atoms with Crippen LogP contribution in [-0.4, -0.2) is 22.4 Å². The predicted octanol–water partition coefficient (Wildman–Crippen LogP) is 2.88. The van der Waals surface area contributed by atoms with Crippen LogP contribution < -0.4 is 10.6 Å². The van der Waals surface area contributed by atoms with Gasteiger partial charge in [0.25, 0.3) is 5.91 Å². The second kappa shape index (κ2) is 7.33. The summed E-state index contributed by atoms with van der Waals surface area (Å²) in [5.74, 6) is 0.603. The summed E-state index contributed by atoms with van der Waals surface area (Å²) in [4.78, 5) is 21.1. The van der Waals surface area contributed by atoms with Gasteiger partial charge in [-0.25, -0.2) is 9.97 Å². The average Bonchev–Trinajstić information content (AvgIpc) is 3.02. The number of rotatable bonds is 3. The number of hydrogen-bond acceptors (Lipinski definition) is 4. The molecule has 1 unspecified atom stereocenters. The van der Waals surface area contributed by atoms with Crippen molar-refractivity contribution in [2.75, 3.05) is 11.9 Å². The van der Waals surface area contributed by atoms with E-state index in [0.717, 1.165) is 30.9 Å². The molecule has 0 aliphatic carbocycles. The molecule has 0 bridgehead atoms. The minimum atomic E-state index is -0.176. The lowest BCUT2D eigenvalue weighted by atomic mass is 10.2. The van der Waals surface area contributed by atoms with Crippen LogP contribution in [0.1, 0.15) is 40.8 Å². The molecule has 1 amide bonds. The van der Waals surface area contributed by atoms with Gasteiger partial charge in [-0.15, -0.1) is 12.4 Å². The smallest absolute Gasteiger partial charge is 0.259 e. The van der Waals surface area contributed by atoms with Gasteiger partial charge < -0.3 is 10.6 Å². The van der Waals surface area contributed by atoms with Crippen LogP contribution in [-0.2, 0) is 0 Å². The maximum atomic E-state index is 12.3. The first-order chi connectivity index (χ1) is 10.2. The Labute approximate surface area is 136 Å². The highest BCUT2D eigenvalue weighted by Gasteiger charge is 2.20. The lowest BCUT2D eigenvalue weighted by Gasteiger charge is -2.11. The molecular formula is C16H19ClN4O. The molecule has 1 aromatic carbocycles. The minimum Gasteiger partial charge on any atom is -0.322 e. The van der Waals surface area contributed by atoms with Gasteiger partial charge in [0.2, 0.25) is 0 Å². The van der Waals surface area contributed by atoms with E-state index in [9.17, 15) is 4.79 Å². The number of aromatic nitrogens is 2. The number of carbonyl (C=O) groups excluding carboxylic acids is 1. The van der Waals surface area contributed by atoms with E-state index >= 15 is 0 Å². The van der Waals surface area contributed by atoms with Gasteiger partial charge in [-0.1, -0.05) is 18.2 Å². The molecule has 5 nitrogen and oxygen atoms in total. The monoisotopic (exact) mass is 318 g/mol. The van der Waals surface area contributed by atoms with Crippen LogP contribution in [0.5, 0.6) is 0 Å². The van der Waals surface area contributed by atoms with Crippen molar-refractivity contribution in [1.82, 2.24) is 15.3 Å². The van der Waals surface area contributed by atoms with Crippen LogP contribution >= 0.6 is 12.4 Å². The van der Waals surface area contributed by atoms with Gasteiger partial charge in [0.1, 0.15) is 5.82 Å². The van der Waals surface area contributed by atoms with E-state index in [-0.39, 0.29) is 24.4 Å². The van der Waals surface area contributed by atoms with E-state index in [1.54, 1.807) is 6.20 Å². The molecule has 1 aromatic heterocycles. The summed E-state index contributed by atoms with van der Waals surface area (Å²) in [6, 6.07) is 9.60. The van der Waals surface area contributed by atoms with E-state index in [1.807, 2.05) is 37.3 Å². The van der Waals surface area contributed by atoms with Crippen molar-refractivity contribution in [3.8, 4) is 0 Å². The number of para-hydroxylation sites is 1. The zero-order chi connectivity index (χ0) is 14.7. The Morgan fingerprint density at radius 1 is 1.32 bits per heavy atom. The fourth-order valence-electron chi connectivity index (χ4n) is 2.50. The Bertz CT molecular complexity index is 642. The van der Waals surface area contributed by atoms with Crippen molar-refractivity contribution < 1.29 is 4.79 Å². The summed E-state index contributed by atoms with van der Waals surface area (Å²) in [6.45, 7) is 2.85. The Balaban J connectivity index is 0.00000176. The normalized spacial score (nSPS) is 16.9. The van der Waals surface area contributed by atoms with E-state index in [4.69, 9.17) is 0 Å². The highest BCUT2D eigenvalue weighted by Crippen LogP contribution is 2.20. The summed E-state index contributed by atoms with van der Waals surface area (Å²) < 4.78 is 0. The minimum absolute atomic E-state index is 0. The number of amides is 1. The molecule has 6 heteroatoms. The quantitative estimate of drug-likeness (QED) is 0.913. The number of halogens is 1. The van der Waals surface area contributed by atoms with Gasteiger partial charge >= 0.3 is 0 Å². The topological polar surface area (TPSA) is 66.9 Å². The summed E-state index contributed by atoms with van der Waals surface area (Å²) in [7, 11) is 0. The number of aryl methyl sites for hydroxylation is 1. The largest absolute Gasteiger partial charge is 0.322 e. The van der Waals surface area contributed by atoms with Gasteiger partial charge in [0, 0.05) is 11.9 Å². The van der Waals surface area contributed by atoms with E-state index in [1.165, 1.54) is 0 Å². The summed E-state index contributed by atoms with van der Waals surface area (Å²) >= 11 is 0. The molecule has 2 heterocycles. The number of carbonyl (C=O) groups is 1. The molecule has 1 saturated heterocycles. The van der Waals surface area contributed by atoms with Crippen molar-refractivity contribution in [3.05, 3.63) is 53.6 Å². The van der Waals surface area contributed by atoms with Crippen molar-refractivity contribution in [2.24, 2.45) is 0 Å². The van der Waals surface area contributed by atoms with Gasteiger partial charge in [-0.2, -0.15) is 0 Å². The number of hydrogen-bond donors (Lipinski definition) is 2. The Hall–Kier alpha value is -1.98. The Morgan fingerprint density at radius 3 is 2.73 bits per heavy atom. The average molecular weight is 319 g/mol. The lowest BCUT2D eigenvalue weighted by Crippen LogP contribution is -2.19. The van der Waals surface area contributed by atoms with Crippen molar-refractivity contribution >= 4 is 24.0 Å². The van der Waals surface area contributed by atoms with Crippen molar-refractivity contribution in [2.45, 2.75) is 25.8 Å². The highest BCUT2D eigenvalue weighted by atomic mass is 35.5. The standard InChI is InChI=1S/C16H18N4O.ClH/c1-11-13(16(21)20-12-6-3-2-4-7-12)10-18-15(19-11)14-8-5-9-17-14;/h2-4,6-7,10,14,17H,5,8-9H2,1H3,(H,20,21);1H. The van der Waals surface area contributed by atoms with Crippen molar-refractivity contribution in [1.29, 1.82) is 0 Å². The number of nitrogens with one attached hydrogen (secondary N) is 2. The van der Waals surface area contributed by atoms with Crippen LogP contribution in [0.4, 0.5) is 5.69 Å². The van der Waals surface area contributed by atoms with E-state index in [0.29, 0.717) is 11.3 Å². The molecule has 116 valence electrons. The summed E-state index contributed by atoms with van der Waals surface area (Å²) in [6.07, 6.45) is 3.81. The maximum Gasteiger partial charge on any atom is 0.259 e. The third-order valence-corrected chi connectivity index (χ3v) is 3.65. The second-order valence-electron chi connectivity index (χ2n) is 5.20. The first kappa shape index (κ1) is 16.4. The van der Waals surface area contributed by atoms with Gasteiger partial charge in [0.15, 0.2) is 0 Å². The molecule has 22 heavy (non-hydrogen) atoms. The SMILES string of the molecule is Cc1nc(C2CCCN2)ncc1C(=O)Nc1ccccc1.Cl. The molecule has 0 saturated carbocycles. The first-order valence-electron chi connectivity index (χ1n) is 7.17. The molecule has 1 aliphatic heterocycles. The highest BCUT2D eigenvalue weighted by molar-refractivity contribution is 6.04. The van der Waals surface area contributed by atoms with Gasteiger partial charge in [-0.05, 0) is 38.4 Å². The summed E-state index contributed by atoms with van der Waals surface area (Å²) in [5, 5.41) is 6.22. The zero-order valence-corrected chi connectivity index (χ0v) is 13.2. The molecule has 0 spiro atoms. The lowest BCUT2D eigenvalue weighted by molar-refractivity contribution is 0.102. The van der Waals surface area contributed by atoms with Gasteiger partial charge in [-0.3, -0.25) is 4.79 Å². The molecule has 0 radical (unpaired) electrons. The molecular weight excluding hydrogens is 300 g/mol. The van der Waals surface area contributed by atoms with Crippen LogP contribution in [0.3, 0.4) is 0 Å². The van der Waals surface area contributed by atoms with Crippen LogP contribution in [0.2, 0.25) is 0 Å². The van der Waals surface area contributed by atoms with Crippen molar-refractivity contribution in [3.63, 3.8) is 0 Å². The molecule has 3 rings (SSSR count). The predicted molar refractivity (Wildman–Crippen MR) is 88.4 cm³/mol. The Kier molecular flexibility index (Phi) is 5.46. The molecule has 2 aromatic rings. The third kappa shape index (κ3) is 3.61. The number of nitrogens with zero attached hydrogens (tertiary/aromatic N) is 2. The summed E-state index contributed by atoms with van der Waals surface area (Å²) in [5.41, 5.74) is 1.99. The van der Waals surface area contributed by atoms with Crippen LogP contribution in [0.15, 0.2) is 36.5 Å². The fourth-order valence-corrected chi connectivity index (χ4v) is 2.50. The zero-order valence-electron chi connectivity index (χ0n) is 12.4. The second-order valence-corrected chi connectivity index (χ2v) is 5.20. The van der Waals surface area contributed by atoms with E-state index < -0.39 is 0 Å². The fraction of sp³-hybridized carbons (Fsp3) is 0.312. The van der Waals surface area contributed by atoms with E-state index in [2.05, 4.69) is 20.6 Å². The number of benzene rings is 1. The molecule has 1 aliphatic rings. The Morgan fingerprint density at radius 2 is 2.09 bits per heavy atom. The maximum absolute atomic E-state index is 12.3. The molecule has 1 atom stereocenters. The number of anilines is 1. The third-order valence-electron chi connectivity index (χ3n) is 3.65. The molecule has 1 fully saturated rings. The first-order valence-corrected chi connectivity index (χ1v) is 7.17. The van der Waals surface area contributed by atoms with Crippen LogP contribution in [0.25, 0.3) is 0 Å².